The molecule has 5 heteroatoms. The number of anilines is 1. The molecule has 112 valence electrons. The molecule has 1 amide bonds. The number of nitrogen functional groups attached to an aromatic ring is 1. The smallest absolute Gasteiger partial charge is 0.253 e. The lowest BCUT2D eigenvalue weighted by Crippen LogP contribution is -2.35. The summed E-state index contributed by atoms with van der Waals surface area (Å²) in [5.74, 6) is 0.771. The third-order valence-corrected chi connectivity index (χ3v) is 3.65. The number of nitrogens with two attached hydrogens (primary N) is 1. The van der Waals surface area contributed by atoms with Gasteiger partial charge in [-0.3, -0.25) is 4.79 Å². The van der Waals surface area contributed by atoms with Gasteiger partial charge < -0.3 is 15.8 Å². The number of carbonyl (C=O) groups excluding carboxylic acids is 1. The van der Waals surface area contributed by atoms with Crippen molar-refractivity contribution in [3.8, 4) is 0 Å². The van der Waals surface area contributed by atoms with E-state index in [1.54, 1.807) is 12.1 Å². The number of benzene rings is 1. The van der Waals surface area contributed by atoms with Crippen molar-refractivity contribution in [2.24, 2.45) is 11.8 Å². The van der Waals surface area contributed by atoms with Crippen LogP contribution in [-0.2, 0) is 4.74 Å². The van der Waals surface area contributed by atoms with E-state index < -0.39 is 0 Å². The highest BCUT2D eigenvalue weighted by Crippen LogP contribution is 2.26. The molecule has 4 nitrogen and oxygen atoms in total. The van der Waals surface area contributed by atoms with E-state index in [1.165, 1.54) is 0 Å². The molecule has 0 aromatic heterocycles. The lowest BCUT2D eigenvalue weighted by molar-refractivity contribution is 0.0533. The second kappa shape index (κ2) is 7.50. The Morgan fingerprint density at radius 1 is 1.45 bits per heavy atom. The van der Waals surface area contributed by atoms with Crippen LogP contribution in [0.1, 0.15) is 30.6 Å². The largest absolute Gasteiger partial charge is 0.398 e. The minimum atomic E-state index is -0.104. The summed E-state index contributed by atoms with van der Waals surface area (Å²) in [6.45, 7) is 5.74. The summed E-state index contributed by atoms with van der Waals surface area (Å²) in [5, 5.41) is 2.97. The minimum Gasteiger partial charge on any atom is -0.398 e. The molecule has 0 spiro atoms. The van der Waals surface area contributed by atoms with E-state index in [0.717, 1.165) is 13.0 Å². The maximum absolute atomic E-state index is 12.1. The molecule has 1 aliphatic rings. The number of ether oxygens (including phenoxy) is 1. The minimum absolute atomic E-state index is 0. The van der Waals surface area contributed by atoms with E-state index in [1.807, 2.05) is 12.1 Å². The van der Waals surface area contributed by atoms with E-state index >= 15 is 0 Å². The Kier molecular flexibility index (Phi) is 6.30. The van der Waals surface area contributed by atoms with Gasteiger partial charge in [0.05, 0.1) is 11.7 Å². The fraction of sp³-hybridized carbons (Fsp3) is 0.533. The van der Waals surface area contributed by atoms with E-state index in [2.05, 4.69) is 19.2 Å². The molecule has 0 aliphatic carbocycles. The topological polar surface area (TPSA) is 64.3 Å². The van der Waals surface area contributed by atoms with Gasteiger partial charge in [0.1, 0.15) is 0 Å². The number of hydrogen-bond donors (Lipinski definition) is 2. The molecule has 1 aromatic carbocycles. The van der Waals surface area contributed by atoms with Crippen molar-refractivity contribution in [3.63, 3.8) is 0 Å². The first-order chi connectivity index (χ1) is 9.09. The van der Waals surface area contributed by atoms with Crippen molar-refractivity contribution >= 4 is 24.0 Å². The number of nitrogens with one attached hydrogen (secondary N) is 1. The summed E-state index contributed by atoms with van der Waals surface area (Å²) in [7, 11) is 0. The predicted molar refractivity (Wildman–Crippen MR) is 83.1 cm³/mol. The van der Waals surface area contributed by atoms with Crippen LogP contribution in [0.5, 0.6) is 0 Å². The zero-order valence-corrected chi connectivity index (χ0v) is 12.8. The Labute approximate surface area is 126 Å². The molecule has 1 saturated heterocycles. The number of hydrogen-bond acceptors (Lipinski definition) is 3. The van der Waals surface area contributed by atoms with Crippen LogP contribution in [0.3, 0.4) is 0 Å². The third-order valence-electron chi connectivity index (χ3n) is 3.65. The Bertz CT molecular complexity index is 451. The van der Waals surface area contributed by atoms with Crippen LogP contribution in [0.2, 0.25) is 0 Å². The normalized spacial score (nSPS) is 21.6. The van der Waals surface area contributed by atoms with Crippen LogP contribution >= 0.6 is 12.4 Å². The fourth-order valence-corrected chi connectivity index (χ4v) is 2.63. The first-order valence-corrected chi connectivity index (χ1v) is 6.84. The Morgan fingerprint density at radius 3 is 2.80 bits per heavy atom. The summed E-state index contributed by atoms with van der Waals surface area (Å²) in [4.78, 5) is 12.1. The van der Waals surface area contributed by atoms with Crippen LogP contribution in [0.25, 0.3) is 0 Å². The summed E-state index contributed by atoms with van der Waals surface area (Å²) < 4.78 is 5.71. The highest BCUT2D eigenvalue weighted by atomic mass is 35.5. The number of carbonyl (C=O) groups is 1. The summed E-state index contributed by atoms with van der Waals surface area (Å²) in [5.41, 5.74) is 6.86. The molecular formula is C15H23ClN2O2. The molecule has 2 atom stereocenters. The second-order valence-corrected chi connectivity index (χ2v) is 5.43. The molecule has 1 aromatic rings. The fourth-order valence-electron chi connectivity index (χ4n) is 2.63. The summed E-state index contributed by atoms with van der Waals surface area (Å²) in [6, 6.07) is 7.13. The number of amides is 1. The van der Waals surface area contributed by atoms with Gasteiger partial charge in [0, 0.05) is 24.8 Å². The molecule has 0 radical (unpaired) electrons. The van der Waals surface area contributed by atoms with Crippen molar-refractivity contribution in [2.45, 2.75) is 26.4 Å². The van der Waals surface area contributed by atoms with Gasteiger partial charge in [0.2, 0.25) is 0 Å². The summed E-state index contributed by atoms with van der Waals surface area (Å²) in [6.07, 6.45) is 1.25. The Balaban J connectivity index is 0.00000200. The molecule has 0 bridgehead atoms. The van der Waals surface area contributed by atoms with Crippen molar-refractivity contribution in [2.75, 3.05) is 18.9 Å². The van der Waals surface area contributed by atoms with Gasteiger partial charge in [-0.15, -0.1) is 12.4 Å². The van der Waals surface area contributed by atoms with Crippen molar-refractivity contribution in [1.29, 1.82) is 0 Å². The van der Waals surface area contributed by atoms with Crippen LogP contribution < -0.4 is 11.1 Å². The molecule has 1 aliphatic heterocycles. The average molecular weight is 299 g/mol. The molecule has 3 N–H and O–H groups in total. The monoisotopic (exact) mass is 298 g/mol. The molecule has 1 fully saturated rings. The van der Waals surface area contributed by atoms with Gasteiger partial charge in [-0.2, -0.15) is 0 Å². The molecular weight excluding hydrogens is 276 g/mol. The van der Waals surface area contributed by atoms with E-state index in [4.69, 9.17) is 10.5 Å². The highest BCUT2D eigenvalue weighted by Gasteiger charge is 2.30. The van der Waals surface area contributed by atoms with Crippen LogP contribution in [0, 0.1) is 11.8 Å². The first-order valence-electron chi connectivity index (χ1n) is 6.84. The SMILES string of the molecule is CC(C)C1OCCC1CNC(=O)c1ccccc1N.Cl. The van der Waals surface area contributed by atoms with Crippen LogP contribution in [0.15, 0.2) is 24.3 Å². The quantitative estimate of drug-likeness (QED) is 0.839. The van der Waals surface area contributed by atoms with Crippen molar-refractivity contribution in [1.82, 2.24) is 5.32 Å². The first kappa shape index (κ1) is 16.8. The van der Waals surface area contributed by atoms with E-state index in [-0.39, 0.29) is 24.4 Å². The van der Waals surface area contributed by atoms with Gasteiger partial charge >= 0.3 is 0 Å². The molecule has 2 unspecified atom stereocenters. The van der Waals surface area contributed by atoms with Gasteiger partial charge in [0.25, 0.3) is 5.91 Å². The number of rotatable bonds is 4. The second-order valence-electron chi connectivity index (χ2n) is 5.43. The van der Waals surface area contributed by atoms with Gasteiger partial charge in [-0.1, -0.05) is 26.0 Å². The lowest BCUT2D eigenvalue weighted by Gasteiger charge is -2.22. The molecule has 1 heterocycles. The van der Waals surface area contributed by atoms with Crippen molar-refractivity contribution < 1.29 is 9.53 Å². The maximum Gasteiger partial charge on any atom is 0.253 e. The van der Waals surface area contributed by atoms with Gasteiger partial charge in [-0.05, 0) is 24.5 Å². The Morgan fingerprint density at radius 2 is 2.15 bits per heavy atom. The van der Waals surface area contributed by atoms with Crippen molar-refractivity contribution in [3.05, 3.63) is 29.8 Å². The molecule has 0 saturated carbocycles. The van der Waals surface area contributed by atoms with Crippen LogP contribution in [-0.4, -0.2) is 25.2 Å². The predicted octanol–water partition coefficient (Wildman–Crippen LogP) is 2.48. The zero-order chi connectivity index (χ0) is 13.8. The highest BCUT2D eigenvalue weighted by molar-refractivity contribution is 5.99. The number of para-hydroxylation sites is 1. The maximum atomic E-state index is 12.1. The molecule has 2 rings (SSSR count). The summed E-state index contributed by atoms with van der Waals surface area (Å²) >= 11 is 0. The standard InChI is InChI=1S/C15H22N2O2.ClH/c1-10(2)14-11(7-8-19-14)9-17-15(18)12-5-3-4-6-13(12)16;/h3-6,10-11,14H,7-9,16H2,1-2H3,(H,17,18);1H. The van der Waals surface area contributed by atoms with Crippen LogP contribution in [0.4, 0.5) is 5.69 Å². The lowest BCUT2D eigenvalue weighted by atomic mass is 9.93. The molecule has 20 heavy (non-hydrogen) atoms. The van der Waals surface area contributed by atoms with E-state index in [0.29, 0.717) is 29.6 Å². The zero-order valence-electron chi connectivity index (χ0n) is 12.0. The van der Waals surface area contributed by atoms with E-state index in [9.17, 15) is 4.79 Å². The average Bonchev–Trinajstić information content (AvgIpc) is 2.85. The van der Waals surface area contributed by atoms with Gasteiger partial charge in [-0.25, -0.2) is 0 Å². The third kappa shape index (κ3) is 3.87. The van der Waals surface area contributed by atoms with Gasteiger partial charge in [0.15, 0.2) is 0 Å². The number of halogens is 1. The Hall–Kier alpha value is -1.26.